The summed E-state index contributed by atoms with van der Waals surface area (Å²) in [6.07, 6.45) is 0. The third kappa shape index (κ3) is 6.43. The summed E-state index contributed by atoms with van der Waals surface area (Å²) in [5.41, 5.74) is 15.5. The molecule has 0 amide bonds. The Morgan fingerprint density at radius 2 is 0.542 bits per heavy atom. The van der Waals surface area contributed by atoms with E-state index in [4.69, 9.17) is 0 Å². The molecule has 19 rings (SSSR count). The summed E-state index contributed by atoms with van der Waals surface area (Å²) in [5, 5.41) is 20.3. The third-order valence-corrected chi connectivity index (χ3v) is 20.4. The first-order valence-electron chi connectivity index (χ1n) is 28.5. The normalized spacial score (nSPS) is 12.3. The highest BCUT2D eigenvalue weighted by Crippen LogP contribution is 2.46. The summed E-state index contributed by atoms with van der Waals surface area (Å²) >= 11 is 3.77. The molecule has 5 aromatic heterocycles. The molecule has 0 bridgehead atoms. The lowest BCUT2D eigenvalue weighted by atomic mass is 9.94. The van der Waals surface area contributed by atoms with E-state index in [2.05, 4.69) is 287 Å². The van der Waals surface area contributed by atoms with Crippen molar-refractivity contribution in [1.29, 1.82) is 0 Å². The number of hydrogen-bond acceptors (Lipinski definition) is 2. The minimum Gasteiger partial charge on any atom is -0.309 e. The number of nitrogens with zero attached hydrogens (tertiary/aromatic N) is 3. The number of benzene rings is 14. The van der Waals surface area contributed by atoms with Crippen molar-refractivity contribution in [3.8, 4) is 39.3 Å². The van der Waals surface area contributed by atoms with Crippen molar-refractivity contribution in [2.45, 2.75) is 0 Å². The highest BCUT2D eigenvalue weighted by atomic mass is 32.1. The van der Waals surface area contributed by atoms with E-state index in [1.165, 1.54) is 172 Å². The Kier molecular flexibility index (Phi) is 9.37. The Morgan fingerprint density at radius 3 is 1.04 bits per heavy atom. The maximum absolute atomic E-state index is 2.53. The molecule has 19 aromatic rings. The molecule has 3 nitrogen and oxygen atoms in total. The summed E-state index contributed by atoms with van der Waals surface area (Å²) in [7, 11) is 0. The van der Waals surface area contributed by atoms with Crippen LogP contribution in [0.4, 0.5) is 0 Å². The van der Waals surface area contributed by atoms with E-state index < -0.39 is 0 Å². The van der Waals surface area contributed by atoms with Gasteiger partial charge in [0, 0.05) is 68.9 Å². The summed E-state index contributed by atoms with van der Waals surface area (Å²) in [5.74, 6) is 0. The zero-order valence-corrected chi connectivity index (χ0v) is 46.3. The van der Waals surface area contributed by atoms with Crippen molar-refractivity contribution in [3.05, 3.63) is 273 Å². The third-order valence-electron chi connectivity index (χ3n) is 18.0. The predicted molar refractivity (Wildman–Crippen MR) is 359 cm³/mol. The molecule has 0 saturated carbocycles. The fourth-order valence-corrected chi connectivity index (χ4v) is 16.7. The summed E-state index contributed by atoms with van der Waals surface area (Å²) in [4.78, 5) is 0. The van der Waals surface area contributed by atoms with E-state index in [0.29, 0.717) is 0 Å². The van der Waals surface area contributed by atoms with Gasteiger partial charge in [0.1, 0.15) is 0 Å². The van der Waals surface area contributed by atoms with Crippen LogP contribution in [0.25, 0.3) is 177 Å². The van der Waals surface area contributed by atoms with Gasteiger partial charge in [0.2, 0.25) is 0 Å². The van der Waals surface area contributed by atoms with Crippen LogP contribution in [0.3, 0.4) is 0 Å². The van der Waals surface area contributed by atoms with Crippen LogP contribution in [0, 0.1) is 0 Å². The van der Waals surface area contributed by atoms with Crippen LogP contribution in [0.15, 0.2) is 273 Å². The molecular weight excluding hydrogens is 1040 g/mol. The van der Waals surface area contributed by atoms with Crippen LogP contribution < -0.4 is 0 Å². The zero-order chi connectivity index (χ0) is 54.0. The lowest BCUT2D eigenvalue weighted by Gasteiger charge is -2.14. The van der Waals surface area contributed by atoms with Gasteiger partial charge in [-0.3, -0.25) is 0 Å². The van der Waals surface area contributed by atoms with Crippen molar-refractivity contribution in [3.63, 3.8) is 0 Å². The molecule has 83 heavy (non-hydrogen) atoms. The van der Waals surface area contributed by atoms with E-state index in [-0.39, 0.29) is 0 Å². The average molecular weight is 1090 g/mol. The molecule has 0 aliphatic rings. The summed E-state index contributed by atoms with van der Waals surface area (Å²) in [6.45, 7) is 0. The molecule has 5 heteroatoms. The van der Waals surface area contributed by atoms with E-state index in [1.54, 1.807) is 0 Å². The number of rotatable bonds is 5. The van der Waals surface area contributed by atoms with Gasteiger partial charge in [-0.25, -0.2) is 0 Å². The van der Waals surface area contributed by atoms with Crippen molar-refractivity contribution in [1.82, 2.24) is 13.7 Å². The lowest BCUT2D eigenvalue weighted by molar-refractivity contribution is 1.19. The zero-order valence-electron chi connectivity index (χ0n) is 44.6. The van der Waals surface area contributed by atoms with Gasteiger partial charge in [0.25, 0.3) is 0 Å². The van der Waals surface area contributed by atoms with Gasteiger partial charge in [-0.2, -0.15) is 0 Å². The van der Waals surface area contributed by atoms with Gasteiger partial charge in [0.15, 0.2) is 0 Å². The Hall–Kier alpha value is -10.3. The fraction of sp³-hybridized carbons (Fsp3) is 0. The highest BCUT2D eigenvalue weighted by molar-refractivity contribution is 7.26. The van der Waals surface area contributed by atoms with Crippen LogP contribution in [0.1, 0.15) is 0 Å². The standard InChI is InChI=1S/C78H45N3S2/c1-2-17-53-51(15-1)52-16-3-4-18-54(52)64-45-50(35-38-55(53)64)79-73-43-48(46-33-39-69-65(41-46)56-19-5-9-25-67(56)80(69)71-27-13-23-62-60-21-7-11-29-75(60)82-77(62)71)31-36-58(73)59-37-32-49(44-74(59)79)47-34-40-70-66(42-47)57-20-6-10-26-68(57)81(70)72-28-14-24-63-61-22-8-12-30-76(61)83-78(63)72/h1-45H. The number of aromatic nitrogens is 3. The first-order valence-corrected chi connectivity index (χ1v) is 30.1. The van der Waals surface area contributed by atoms with Crippen molar-refractivity contribution < 1.29 is 0 Å². The largest absolute Gasteiger partial charge is 0.309 e. The van der Waals surface area contributed by atoms with Gasteiger partial charge >= 0.3 is 0 Å². The van der Waals surface area contributed by atoms with Gasteiger partial charge in [-0.05, 0) is 140 Å². The quantitative estimate of drug-likeness (QED) is 0.153. The van der Waals surface area contributed by atoms with E-state index >= 15 is 0 Å². The molecule has 0 unspecified atom stereocenters. The summed E-state index contributed by atoms with van der Waals surface area (Å²) < 4.78 is 12.7. The van der Waals surface area contributed by atoms with Crippen molar-refractivity contribution in [2.24, 2.45) is 0 Å². The second-order valence-corrected chi connectivity index (χ2v) is 24.4. The highest BCUT2D eigenvalue weighted by Gasteiger charge is 2.22. The topological polar surface area (TPSA) is 14.8 Å². The van der Waals surface area contributed by atoms with Crippen LogP contribution in [0.5, 0.6) is 0 Å². The number of thiophene rings is 2. The van der Waals surface area contributed by atoms with Crippen LogP contribution >= 0.6 is 22.7 Å². The van der Waals surface area contributed by atoms with E-state index in [9.17, 15) is 0 Å². The van der Waals surface area contributed by atoms with Crippen molar-refractivity contribution in [2.75, 3.05) is 0 Å². The molecule has 0 N–H and O–H groups in total. The molecule has 5 heterocycles. The molecule has 384 valence electrons. The maximum atomic E-state index is 2.53. The lowest BCUT2D eigenvalue weighted by Crippen LogP contribution is -1.95. The minimum absolute atomic E-state index is 1.13. The van der Waals surface area contributed by atoms with Gasteiger partial charge in [-0.1, -0.05) is 188 Å². The molecule has 0 aliphatic carbocycles. The average Bonchev–Trinajstić information content (AvgIpc) is 4.49. The Balaban J connectivity index is 0.820. The van der Waals surface area contributed by atoms with E-state index in [1.807, 2.05) is 22.7 Å². The monoisotopic (exact) mass is 1090 g/mol. The molecule has 0 spiro atoms. The molecule has 14 aromatic carbocycles. The van der Waals surface area contributed by atoms with Crippen LogP contribution in [0.2, 0.25) is 0 Å². The Bertz CT molecular complexity index is 5690. The first-order chi connectivity index (χ1) is 41.2. The SMILES string of the molecule is c1ccc2c(c1)sc1c(-n3c4ccccc4c4cc(-c5ccc6c7ccc(-c8ccc9c(c8)c8ccccc8n9-c8cccc9c8sc8ccccc89)cc7n(-c7ccc8c9ccccc9c9ccccc9c8c7)c6c5)ccc43)cccc12. The predicted octanol–water partition coefficient (Wildman–Crippen LogP) is 22.5. The van der Waals surface area contributed by atoms with Crippen LogP contribution in [-0.4, -0.2) is 13.7 Å². The number of para-hydroxylation sites is 2. The molecule has 0 fully saturated rings. The van der Waals surface area contributed by atoms with Crippen molar-refractivity contribution >= 4 is 161 Å². The Morgan fingerprint density at radius 1 is 0.193 bits per heavy atom. The van der Waals surface area contributed by atoms with Gasteiger partial charge in [0.05, 0.1) is 53.9 Å². The molecule has 0 radical (unpaired) electrons. The smallest absolute Gasteiger partial charge is 0.0640 e. The fourth-order valence-electron chi connectivity index (χ4n) is 14.3. The maximum Gasteiger partial charge on any atom is 0.0640 e. The first kappa shape index (κ1) is 45.4. The molecule has 0 saturated heterocycles. The second-order valence-electron chi connectivity index (χ2n) is 22.3. The Labute approximate surface area is 483 Å². The van der Waals surface area contributed by atoms with Gasteiger partial charge < -0.3 is 13.7 Å². The summed E-state index contributed by atoms with van der Waals surface area (Å²) in [6, 6.07) is 102. The van der Waals surface area contributed by atoms with Gasteiger partial charge in [-0.15, -0.1) is 22.7 Å². The second kappa shape index (κ2) is 17.1. The van der Waals surface area contributed by atoms with Crippen LogP contribution in [-0.2, 0) is 0 Å². The molecule has 0 aliphatic heterocycles. The minimum atomic E-state index is 1.13. The number of fused-ring (bicyclic) bond motifs is 21. The molecular formula is C78H45N3S2. The van der Waals surface area contributed by atoms with E-state index in [0.717, 1.165) is 5.69 Å². The molecule has 0 atom stereocenters. The number of hydrogen-bond donors (Lipinski definition) is 0.